The van der Waals surface area contributed by atoms with Gasteiger partial charge in [-0.05, 0) is 25.1 Å². The molecule has 3 nitrogen and oxygen atoms in total. The van der Waals surface area contributed by atoms with Gasteiger partial charge in [0.05, 0.1) is 5.69 Å². The van der Waals surface area contributed by atoms with E-state index in [0.29, 0.717) is 0 Å². The van der Waals surface area contributed by atoms with Crippen LogP contribution in [-0.4, -0.2) is 16.5 Å². The van der Waals surface area contributed by atoms with Gasteiger partial charge in [0.15, 0.2) is 0 Å². The Morgan fingerprint density at radius 2 is 2.31 bits per heavy atom. The number of nitrogens with one attached hydrogen (secondary N) is 1. The molecule has 0 saturated carbocycles. The normalized spacial score (nSPS) is 10.6. The smallest absolute Gasteiger partial charge is 0.125 e. The van der Waals surface area contributed by atoms with Crippen LogP contribution in [0.1, 0.15) is 18.2 Å². The molecule has 0 amide bonds. The summed E-state index contributed by atoms with van der Waals surface area (Å²) in [6.45, 7) is 5.99. The fourth-order valence-corrected chi connectivity index (χ4v) is 2.35. The van der Waals surface area contributed by atoms with Gasteiger partial charge in [-0.1, -0.05) is 6.92 Å². The summed E-state index contributed by atoms with van der Waals surface area (Å²) in [6, 6.07) is 2.01. The Bertz CT molecular complexity index is 465. The number of aryl methyl sites for hydroxylation is 1. The lowest BCUT2D eigenvalue weighted by Crippen LogP contribution is -2.11. The maximum Gasteiger partial charge on any atom is 0.125 e. The van der Waals surface area contributed by atoms with Crippen molar-refractivity contribution in [2.75, 3.05) is 6.54 Å². The van der Waals surface area contributed by atoms with Gasteiger partial charge in [-0.25, -0.2) is 4.98 Å². The average molecular weight is 233 g/mol. The summed E-state index contributed by atoms with van der Waals surface area (Å²) in [4.78, 5) is 8.74. The molecule has 0 aliphatic heterocycles. The van der Waals surface area contributed by atoms with Gasteiger partial charge in [-0.15, -0.1) is 11.3 Å². The molecular formula is C12H15N3S. The second-order valence-electron chi connectivity index (χ2n) is 3.61. The zero-order valence-corrected chi connectivity index (χ0v) is 10.3. The van der Waals surface area contributed by atoms with Crippen LogP contribution >= 0.6 is 11.3 Å². The highest BCUT2D eigenvalue weighted by Gasteiger charge is 2.06. The van der Waals surface area contributed by atoms with Crippen molar-refractivity contribution in [3.8, 4) is 10.6 Å². The van der Waals surface area contributed by atoms with Gasteiger partial charge in [0.25, 0.3) is 0 Å². The summed E-state index contributed by atoms with van der Waals surface area (Å²) >= 11 is 1.68. The van der Waals surface area contributed by atoms with E-state index >= 15 is 0 Å². The number of thiazole rings is 1. The number of aromatic nitrogens is 2. The van der Waals surface area contributed by atoms with E-state index in [9.17, 15) is 0 Å². The van der Waals surface area contributed by atoms with E-state index in [4.69, 9.17) is 0 Å². The topological polar surface area (TPSA) is 37.8 Å². The predicted octanol–water partition coefficient (Wildman–Crippen LogP) is 2.62. The number of hydrogen-bond donors (Lipinski definition) is 1. The molecule has 2 heterocycles. The molecule has 0 spiro atoms. The van der Waals surface area contributed by atoms with Crippen molar-refractivity contribution in [1.29, 1.82) is 0 Å². The Balaban J connectivity index is 2.22. The van der Waals surface area contributed by atoms with Gasteiger partial charge in [0.1, 0.15) is 5.01 Å². The standard InChI is InChI=1S/C12H15N3S/c1-3-13-6-10-8-16-12(15-10)11-7-14-5-4-9(11)2/h4-5,7-8,13H,3,6H2,1-2H3. The molecule has 0 unspecified atom stereocenters. The predicted molar refractivity (Wildman–Crippen MR) is 67.5 cm³/mol. The van der Waals surface area contributed by atoms with Crippen LogP contribution in [0.3, 0.4) is 0 Å². The Kier molecular flexibility index (Phi) is 3.64. The summed E-state index contributed by atoms with van der Waals surface area (Å²) in [7, 11) is 0. The zero-order chi connectivity index (χ0) is 11.4. The van der Waals surface area contributed by atoms with Crippen LogP contribution in [0, 0.1) is 6.92 Å². The molecule has 0 fully saturated rings. The van der Waals surface area contributed by atoms with Gasteiger partial charge in [-0.3, -0.25) is 4.98 Å². The molecule has 0 aliphatic carbocycles. The number of hydrogen-bond acceptors (Lipinski definition) is 4. The molecule has 0 atom stereocenters. The fourth-order valence-electron chi connectivity index (χ4n) is 1.45. The van der Waals surface area contributed by atoms with Gasteiger partial charge in [0.2, 0.25) is 0 Å². The molecule has 1 N–H and O–H groups in total. The summed E-state index contributed by atoms with van der Waals surface area (Å²) < 4.78 is 0. The second-order valence-corrected chi connectivity index (χ2v) is 4.47. The molecule has 0 bridgehead atoms. The first kappa shape index (κ1) is 11.2. The van der Waals surface area contributed by atoms with Crippen LogP contribution in [0.2, 0.25) is 0 Å². The molecule has 0 saturated heterocycles. The van der Waals surface area contributed by atoms with Crippen molar-refractivity contribution in [3.63, 3.8) is 0 Å². The van der Waals surface area contributed by atoms with E-state index in [1.807, 2.05) is 18.5 Å². The van der Waals surface area contributed by atoms with Crippen LogP contribution in [-0.2, 0) is 6.54 Å². The summed E-state index contributed by atoms with van der Waals surface area (Å²) in [5, 5.41) is 6.43. The zero-order valence-electron chi connectivity index (χ0n) is 9.53. The number of rotatable bonds is 4. The lowest BCUT2D eigenvalue weighted by atomic mass is 10.2. The van der Waals surface area contributed by atoms with Crippen LogP contribution in [0.15, 0.2) is 23.8 Å². The highest BCUT2D eigenvalue weighted by molar-refractivity contribution is 7.13. The minimum atomic E-state index is 0.840. The van der Waals surface area contributed by atoms with E-state index in [2.05, 4.69) is 34.5 Å². The highest BCUT2D eigenvalue weighted by Crippen LogP contribution is 2.25. The Hall–Kier alpha value is -1.26. The number of nitrogens with zero attached hydrogens (tertiary/aromatic N) is 2. The molecule has 2 aromatic heterocycles. The summed E-state index contributed by atoms with van der Waals surface area (Å²) in [5.74, 6) is 0. The maximum absolute atomic E-state index is 4.59. The lowest BCUT2D eigenvalue weighted by molar-refractivity contribution is 0.715. The van der Waals surface area contributed by atoms with Crippen LogP contribution in [0.4, 0.5) is 0 Å². The molecule has 84 valence electrons. The quantitative estimate of drug-likeness (QED) is 0.882. The molecule has 0 aliphatic rings. The molecule has 2 rings (SSSR count). The van der Waals surface area contributed by atoms with E-state index < -0.39 is 0 Å². The van der Waals surface area contributed by atoms with Crippen molar-refractivity contribution in [2.45, 2.75) is 20.4 Å². The number of pyridine rings is 1. The maximum atomic E-state index is 4.59. The van der Waals surface area contributed by atoms with E-state index in [1.54, 1.807) is 11.3 Å². The molecular weight excluding hydrogens is 218 g/mol. The Labute approximate surface area is 99.6 Å². The minimum Gasteiger partial charge on any atom is -0.311 e. The third-order valence-electron chi connectivity index (χ3n) is 2.38. The Morgan fingerprint density at radius 1 is 1.44 bits per heavy atom. The summed E-state index contributed by atoms with van der Waals surface area (Å²) in [5.41, 5.74) is 3.46. The molecule has 0 aromatic carbocycles. The van der Waals surface area contributed by atoms with Crippen LogP contribution in [0.25, 0.3) is 10.6 Å². The minimum absolute atomic E-state index is 0.840. The third-order valence-corrected chi connectivity index (χ3v) is 3.30. The van der Waals surface area contributed by atoms with Crippen molar-refractivity contribution in [1.82, 2.24) is 15.3 Å². The molecule has 16 heavy (non-hydrogen) atoms. The Morgan fingerprint density at radius 3 is 3.06 bits per heavy atom. The largest absolute Gasteiger partial charge is 0.311 e. The van der Waals surface area contributed by atoms with Gasteiger partial charge in [-0.2, -0.15) is 0 Å². The first-order valence-electron chi connectivity index (χ1n) is 5.37. The monoisotopic (exact) mass is 233 g/mol. The van der Waals surface area contributed by atoms with Crippen molar-refractivity contribution >= 4 is 11.3 Å². The fraction of sp³-hybridized carbons (Fsp3) is 0.333. The van der Waals surface area contributed by atoms with Gasteiger partial charge in [0, 0.05) is 29.9 Å². The van der Waals surface area contributed by atoms with Gasteiger partial charge < -0.3 is 5.32 Å². The van der Waals surface area contributed by atoms with Gasteiger partial charge >= 0.3 is 0 Å². The first-order chi connectivity index (χ1) is 7.81. The summed E-state index contributed by atoms with van der Waals surface area (Å²) in [6.07, 6.45) is 3.69. The van der Waals surface area contributed by atoms with Crippen molar-refractivity contribution in [2.24, 2.45) is 0 Å². The van der Waals surface area contributed by atoms with Crippen LogP contribution in [0.5, 0.6) is 0 Å². The molecule has 0 radical (unpaired) electrons. The van der Waals surface area contributed by atoms with E-state index in [0.717, 1.165) is 29.4 Å². The van der Waals surface area contributed by atoms with Crippen molar-refractivity contribution < 1.29 is 0 Å². The lowest BCUT2D eigenvalue weighted by Gasteiger charge is -2.00. The van der Waals surface area contributed by atoms with Crippen LogP contribution < -0.4 is 5.32 Å². The third kappa shape index (κ3) is 2.46. The van der Waals surface area contributed by atoms with E-state index in [1.165, 1.54) is 5.56 Å². The van der Waals surface area contributed by atoms with E-state index in [-0.39, 0.29) is 0 Å². The SMILES string of the molecule is CCNCc1csc(-c2cnccc2C)n1. The molecule has 4 heteroatoms. The highest BCUT2D eigenvalue weighted by atomic mass is 32.1. The first-order valence-corrected chi connectivity index (χ1v) is 6.25. The van der Waals surface area contributed by atoms with Crippen molar-refractivity contribution in [3.05, 3.63) is 35.1 Å². The second kappa shape index (κ2) is 5.18. The average Bonchev–Trinajstić information content (AvgIpc) is 2.75. The molecule has 2 aromatic rings.